The molecule has 3 nitrogen and oxygen atoms in total. The molecule has 1 N–H and O–H groups in total. The fourth-order valence-electron chi connectivity index (χ4n) is 1.21. The Morgan fingerprint density at radius 2 is 2.45 bits per heavy atom. The van der Waals surface area contributed by atoms with Gasteiger partial charge >= 0.3 is 0 Å². The third-order valence-electron chi connectivity index (χ3n) is 1.85. The first-order chi connectivity index (χ1) is 5.27. The summed E-state index contributed by atoms with van der Waals surface area (Å²) in [5.74, 6) is 0.850. The van der Waals surface area contributed by atoms with Crippen molar-refractivity contribution in [2.24, 2.45) is 0 Å². The number of aryl methyl sites for hydroxylation is 1. The van der Waals surface area contributed by atoms with E-state index in [0.717, 1.165) is 11.4 Å². The second-order valence-corrected chi connectivity index (χ2v) is 2.81. The second kappa shape index (κ2) is 2.20. The number of rotatable bonds is 0. The van der Waals surface area contributed by atoms with Gasteiger partial charge in [0, 0.05) is 11.3 Å². The van der Waals surface area contributed by atoms with E-state index in [1.54, 1.807) is 6.20 Å². The van der Waals surface area contributed by atoms with Gasteiger partial charge in [0.2, 0.25) is 0 Å². The van der Waals surface area contributed by atoms with Crippen LogP contribution in [0.5, 0.6) is 5.75 Å². The van der Waals surface area contributed by atoms with Gasteiger partial charge in [-0.25, -0.2) is 0 Å². The van der Waals surface area contributed by atoms with Gasteiger partial charge in [-0.3, -0.25) is 4.98 Å². The van der Waals surface area contributed by atoms with Crippen molar-refractivity contribution in [1.82, 2.24) is 10.5 Å². The highest BCUT2D eigenvalue weighted by atomic mass is 16.7. The van der Waals surface area contributed by atoms with Gasteiger partial charge in [0.15, 0.2) is 5.75 Å². The highest BCUT2D eigenvalue weighted by Crippen LogP contribution is 2.29. The van der Waals surface area contributed by atoms with E-state index in [0.29, 0.717) is 0 Å². The number of hydrogen-bond donors (Lipinski definition) is 1. The first-order valence-electron chi connectivity index (χ1n) is 3.66. The van der Waals surface area contributed by atoms with Crippen LogP contribution < -0.4 is 10.3 Å². The summed E-state index contributed by atoms with van der Waals surface area (Å²) < 4.78 is 0. The van der Waals surface area contributed by atoms with Gasteiger partial charge in [0.25, 0.3) is 0 Å². The summed E-state index contributed by atoms with van der Waals surface area (Å²) in [5.41, 5.74) is 5.09. The summed E-state index contributed by atoms with van der Waals surface area (Å²) in [6.45, 7) is 4.04. The minimum atomic E-state index is 0.284. The average Bonchev–Trinajstić information content (AvgIpc) is 2.33. The molecule has 0 saturated carbocycles. The van der Waals surface area contributed by atoms with Gasteiger partial charge in [0.1, 0.15) is 0 Å². The molecular formula is C8H10N2O. The van der Waals surface area contributed by atoms with Crippen LogP contribution in [0.4, 0.5) is 0 Å². The third-order valence-corrected chi connectivity index (χ3v) is 1.85. The molecule has 2 heterocycles. The van der Waals surface area contributed by atoms with Gasteiger partial charge in [-0.15, -0.1) is 5.48 Å². The van der Waals surface area contributed by atoms with Crippen LogP contribution in [0.15, 0.2) is 12.3 Å². The summed E-state index contributed by atoms with van der Waals surface area (Å²) in [6.07, 6.45) is 1.75. The molecule has 2 rings (SSSR count). The van der Waals surface area contributed by atoms with Gasteiger partial charge in [-0.1, -0.05) is 0 Å². The van der Waals surface area contributed by atoms with Crippen molar-refractivity contribution in [2.45, 2.75) is 19.9 Å². The highest BCUT2D eigenvalue weighted by Gasteiger charge is 2.19. The smallest absolute Gasteiger partial charge is 0.170 e. The maximum absolute atomic E-state index is 5.15. The van der Waals surface area contributed by atoms with Crippen molar-refractivity contribution in [3.05, 3.63) is 23.5 Å². The quantitative estimate of drug-likeness (QED) is 0.606. The third kappa shape index (κ3) is 0.973. The Hall–Kier alpha value is -1.09. The Labute approximate surface area is 65.4 Å². The average molecular weight is 150 g/mol. The molecule has 0 aromatic carbocycles. The van der Waals surface area contributed by atoms with E-state index >= 15 is 0 Å². The zero-order valence-electron chi connectivity index (χ0n) is 6.59. The SMILES string of the molecule is Cc1cc2c(cn1)ONC2C. The van der Waals surface area contributed by atoms with Crippen LogP contribution >= 0.6 is 0 Å². The molecule has 0 bridgehead atoms. The maximum atomic E-state index is 5.15. The molecule has 0 amide bonds. The summed E-state index contributed by atoms with van der Waals surface area (Å²) in [4.78, 5) is 9.27. The lowest BCUT2D eigenvalue weighted by Gasteiger charge is -1.98. The Kier molecular flexibility index (Phi) is 1.32. The molecule has 0 saturated heterocycles. The van der Waals surface area contributed by atoms with Crippen LogP contribution in [0.3, 0.4) is 0 Å². The standard InChI is InChI=1S/C8H10N2O/c1-5-3-7-6(2)10-11-8(7)4-9-5/h3-4,6,10H,1-2H3. The number of nitrogens with one attached hydrogen (secondary N) is 1. The second-order valence-electron chi connectivity index (χ2n) is 2.81. The Morgan fingerprint density at radius 3 is 3.27 bits per heavy atom. The molecule has 58 valence electrons. The number of pyridine rings is 1. The lowest BCUT2D eigenvalue weighted by atomic mass is 10.1. The van der Waals surface area contributed by atoms with Crippen LogP contribution in [0, 0.1) is 6.92 Å². The summed E-state index contributed by atoms with van der Waals surface area (Å²) >= 11 is 0. The van der Waals surface area contributed by atoms with Crippen LogP contribution in [0.25, 0.3) is 0 Å². The normalized spacial score (nSPS) is 21.1. The molecule has 0 aliphatic carbocycles. The zero-order chi connectivity index (χ0) is 7.84. The molecule has 0 fully saturated rings. The molecule has 1 aromatic heterocycles. The molecule has 1 aliphatic rings. The molecule has 11 heavy (non-hydrogen) atoms. The number of fused-ring (bicyclic) bond motifs is 1. The van der Waals surface area contributed by atoms with E-state index in [9.17, 15) is 0 Å². The molecule has 1 aromatic rings. The largest absolute Gasteiger partial charge is 0.406 e. The zero-order valence-corrected chi connectivity index (χ0v) is 6.59. The summed E-state index contributed by atoms with van der Waals surface area (Å²) in [6, 6.07) is 2.33. The first kappa shape index (κ1) is 6.61. The number of aromatic nitrogens is 1. The number of hydrogen-bond acceptors (Lipinski definition) is 3. The molecule has 3 heteroatoms. The maximum Gasteiger partial charge on any atom is 0.170 e. The predicted molar refractivity (Wildman–Crippen MR) is 41.2 cm³/mol. The predicted octanol–water partition coefficient (Wildman–Crippen LogP) is 1.35. The van der Waals surface area contributed by atoms with E-state index in [4.69, 9.17) is 4.84 Å². The van der Waals surface area contributed by atoms with Crippen molar-refractivity contribution >= 4 is 0 Å². The summed E-state index contributed by atoms with van der Waals surface area (Å²) in [5, 5.41) is 0. The van der Waals surface area contributed by atoms with Crippen molar-refractivity contribution in [1.29, 1.82) is 0 Å². The van der Waals surface area contributed by atoms with Gasteiger partial charge in [-0.05, 0) is 19.9 Å². The van der Waals surface area contributed by atoms with E-state index in [-0.39, 0.29) is 6.04 Å². The van der Waals surface area contributed by atoms with E-state index < -0.39 is 0 Å². The molecule has 1 aliphatic heterocycles. The van der Waals surface area contributed by atoms with Crippen molar-refractivity contribution in [3.63, 3.8) is 0 Å². The minimum absolute atomic E-state index is 0.284. The van der Waals surface area contributed by atoms with E-state index in [1.165, 1.54) is 5.56 Å². The highest BCUT2D eigenvalue weighted by molar-refractivity contribution is 5.36. The lowest BCUT2D eigenvalue weighted by Crippen LogP contribution is -2.12. The Morgan fingerprint density at radius 1 is 1.64 bits per heavy atom. The molecule has 1 unspecified atom stereocenters. The fraction of sp³-hybridized carbons (Fsp3) is 0.375. The fourth-order valence-corrected chi connectivity index (χ4v) is 1.21. The number of hydroxylamine groups is 1. The lowest BCUT2D eigenvalue weighted by molar-refractivity contribution is 0.200. The van der Waals surface area contributed by atoms with Crippen molar-refractivity contribution < 1.29 is 4.84 Å². The van der Waals surface area contributed by atoms with Gasteiger partial charge in [-0.2, -0.15) is 0 Å². The molecular weight excluding hydrogens is 140 g/mol. The minimum Gasteiger partial charge on any atom is -0.406 e. The Balaban J connectivity index is 2.52. The Bertz CT molecular complexity index is 285. The molecule has 0 spiro atoms. The molecule has 0 radical (unpaired) electrons. The van der Waals surface area contributed by atoms with Crippen molar-refractivity contribution in [3.8, 4) is 5.75 Å². The van der Waals surface area contributed by atoms with E-state index in [2.05, 4.69) is 17.4 Å². The van der Waals surface area contributed by atoms with Crippen LogP contribution in [-0.2, 0) is 0 Å². The van der Waals surface area contributed by atoms with E-state index in [1.807, 2.05) is 13.0 Å². The van der Waals surface area contributed by atoms with Crippen LogP contribution in [0.1, 0.15) is 24.2 Å². The summed E-state index contributed by atoms with van der Waals surface area (Å²) in [7, 11) is 0. The van der Waals surface area contributed by atoms with Gasteiger partial charge < -0.3 is 4.84 Å². The van der Waals surface area contributed by atoms with Crippen LogP contribution in [0.2, 0.25) is 0 Å². The molecule has 1 atom stereocenters. The number of nitrogens with zero attached hydrogens (tertiary/aromatic N) is 1. The first-order valence-corrected chi connectivity index (χ1v) is 3.66. The monoisotopic (exact) mass is 150 g/mol. The van der Waals surface area contributed by atoms with Gasteiger partial charge in [0.05, 0.1) is 12.2 Å². The van der Waals surface area contributed by atoms with Crippen molar-refractivity contribution in [2.75, 3.05) is 0 Å². The topological polar surface area (TPSA) is 34.1 Å². The van der Waals surface area contributed by atoms with Crippen LogP contribution in [-0.4, -0.2) is 4.98 Å².